The maximum Gasteiger partial charge on any atom is 0.248 e. The Morgan fingerprint density at radius 1 is 1.39 bits per heavy atom. The van der Waals surface area contributed by atoms with Gasteiger partial charge in [-0.05, 0) is 24.0 Å². The highest BCUT2D eigenvalue weighted by atomic mass is 19.3. The molecular weight excluding hydrogens is 234 g/mol. The van der Waals surface area contributed by atoms with E-state index in [1.807, 2.05) is 36.2 Å². The number of halogens is 2. The Kier molecular flexibility index (Phi) is 3.85. The zero-order chi connectivity index (χ0) is 13.2. The lowest BCUT2D eigenvalue weighted by Crippen LogP contribution is -2.26. The monoisotopic (exact) mass is 254 g/mol. The third-order valence-electron chi connectivity index (χ3n) is 3.66. The Labute approximate surface area is 107 Å². The van der Waals surface area contributed by atoms with E-state index in [4.69, 9.17) is 5.73 Å². The van der Waals surface area contributed by atoms with Crippen molar-refractivity contribution < 1.29 is 8.78 Å². The molecule has 1 unspecified atom stereocenters. The van der Waals surface area contributed by atoms with Crippen LogP contribution in [0.1, 0.15) is 24.8 Å². The summed E-state index contributed by atoms with van der Waals surface area (Å²) in [7, 11) is 1.95. The third-order valence-corrected chi connectivity index (χ3v) is 3.66. The molecule has 1 aliphatic carbocycles. The summed E-state index contributed by atoms with van der Waals surface area (Å²) < 4.78 is 26.3. The second-order valence-electron chi connectivity index (χ2n) is 5.18. The van der Waals surface area contributed by atoms with Crippen molar-refractivity contribution in [2.45, 2.75) is 31.7 Å². The fourth-order valence-electron chi connectivity index (χ4n) is 2.74. The minimum atomic E-state index is -2.46. The average Bonchev–Trinajstić information content (AvgIpc) is 2.68. The van der Waals surface area contributed by atoms with Gasteiger partial charge in [-0.3, -0.25) is 0 Å². The molecule has 1 aromatic carbocycles. The van der Waals surface area contributed by atoms with Gasteiger partial charge < -0.3 is 10.6 Å². The van der Waals surface area contributed by atoms with E-state index < -0.39 is 5.92 Å². The van der Waals surface area contributed by atoms with E-state index in [0.717, 1.165) is 11.3 Å². The first-order chi connectivity index (χ1) is 8.52. The molecule has 2 rings (SSSR count). The number of nitrogens with zero attached hydrogens (tertiary/aromatic N) is 1. The molecule has 4 heteroatoms. The third kappa shape index (κ3) is 2.99. The number of alkyl halides is 2. The van der Waals surface area contributed by atoms with Crippen LogP contribution in [-0.2, 0) is 6.54 Å². The van der Waals surface area contributed by atoms with E-state index in [1.165, 1.54) is 0 Å². The van der Waals surface area contributed by atoms with Crippen molar-refractivity contribution in [1.29, 1.82) is 0 Å². The van der Waals surface area contributed by atoms with Crippen LogP contribution in [0.25, 0.3) is 0 Å². The van der Waals surface area contributed by atoms with Crippen LogP contribution in [0.15, 0.2) is 24.3 Å². The van der Waals surface area contributed by atoms with Gasteiger partial charge in [-0.1, -0.05) is 18.2 Å². The molecule has 0 spiro atoms. The van der Waals surface area contributed by atoms with Crippen molar-refractivity contribution in [3.63, 3.8) is 0 Å². The number of hydrogen-bond acceptors (Lipinski definition) is 2. The van der Waals surface area contributed by atoms with Gasteiger partial charge in [0.05, 0.1) is 0 Å². The number of hydrogen-bond donors (Lipinski definition) is 1. The van der Waals surface area contributed by atoms with Crippen LogP contribution in [0.2, 0.25) is 0 Å². The molecule has 0 heterocycles. The van der Waals surface area contributed by atoms with Crippen molar-refractivity contribution in [1.82, 2.24) is 0 Å². The molecule has 1 fully saturated rings. The summed E-state index contributed by atoms with van der Waals surface area (Å²) in [6.07, 6.45) is 0.661. The first-order valence-electron chi connectivity index (χ1n) is 6.39. The number of nitrogens with two attached hydrogens (primary N) is 1. The van der Waals surface area contributed by atoms with Crippen LogP contribution in [0.3, 0.4) is 0 Å². The molecule has 0 radical (unpaired) electrons. The highest BCUT2D eigenvalue weighted by Gasteiger charge is 2.39. The van der Waals surface area contributed by atoms with Crippen LogP contribution < -0.4 is 10.6 Å². The number of anilines is 1. The summed E-state index contributed by atoms with van der Waals surface area (Å²) in [5.41, 5.74) is 7.80. The van der Waals surface area contributed by atoms with E-state index in [-0.39, 0.29) is 18.8 Å². The fraction of sp³-hybridized carbons (Fsp3) is 0.571. The lowest BCUT2D eigenvalue weighted by molar-refractivity contribution is 0.00538. The fourth-order valence-corrected chi connectivity index (χ4v) is 2.74. The normalized spacial score (nSPS) is 22.1. The Morgan fingerprint density at radius 2 is 2.11 bits per heavy atom. The second kappa shape index (κ2) is 5.22. The highest BCUT2D eigenvalue weighted by Crippen LogP contribution is 2.39. The van der Waals surface area contributed by atoms with E-state index in [0.29, 0.717) is 19.5 Å². The molecule has 2 nitrogen and oxygen atoms in total. The van der Waals surface area contributed by atoms with Crippen molar-refractivity contribution in [2.75, 3.05) is 18.5 Å². The van der Waals surface area contributed by atoms with Crippen LogP contribution in [0.4, 0.5) is 14.5 Å². The van der Waals surface area contributed by atoms with Crippen molar-refractivity contribution in [3.05, 3.63) is 29.8 Å². The molecule has 1 atom stereocenters. The largest absolute Gasteiger partial charge is 0.374 e. The smallest absolute Gasteiger partial charge is 0.248 e. The molecule has 2 N–H and O–H groups in total. The van der Waals surface area contributed by atoms with Gasteiger partial charge in [0.15, 0.2) is 0 Å². The molecule has 0 amide bonds. The quantitative estimate of drug-likeness (QED) is 0.895. The minimum absolute atomic E-state index is 0.0160. The van der Waals surface area contributed by atoms with Crippen molar-refractivity contribution in [3.8, 4) is 0 Å². The Bertz CT molecular complexity index is 407. The predicted molar refractivity (Wildman–Crippen MR) is 69.9 cm³/mol. The number of para-hydroxylation sites is 1. The summed E-state index contributed by atoms with van der Waals surface area (Å²) in [6.45, 7) is 1.15. The molecule has 0 bridgehead atoms. The molecule has 0 aromatic heterocycles. The first-order valence-corrected chi connectivity index (χ1v) is 6.39. The summed E-state index contributed by atoms with van der Waals surface area (Å²) in [4.78, 5) is 2.05. The number of rotatable bonds is 4. The highest BCUT2D eigenvalue weighted by molar-refractivity contribution is 5.53. The Hall–Kier alpha value is -1.16. The Morgan fingerprint density at radius 3 is 2.72 bits per heavy atom. The van der Waals surface area contributed by atoms with Crippen LogP contribution in [-0.4, -0.2) is 19.5 Å². The van der Waals surface area contributed by atoms with E-state index in [1.54, 1.807) is 0 Å². The molecule has 100 valence electrons. The minimum Gasteiger partial charge on any atom is -0.374 e. The second-order valence-corrected chi connectivity index (χ2v) is 5.18. The lowest BCUT2D eigenvalue weighted by Gasteiger charge is -2.25. The number of benzene rings is 1. The van der Waals surface area contributed by atoms with E-state index >= 15 is 0 Å². The Balaban J connectivity index is 2.02. The molecule has 18 heavy (non-hydrogen) atoms. The summed E-state index contributed by atoms with van der Waals surface area (Å²) in [5, 5.41) is 0. The van der Waals surface area contributed by atoms with Gasteiger partial charge in [0.1, 0.15) is 0 Å². The van der Waals surface area contributed by atoms with Gasteiger partial charge in [-0.15, -0.1) is 0 Å². The SMILES string of the molecule is CN(CC1CCC(F)(F)C1)c1ccccc1CN. The zero-order valence-electron chi connectivity index (χ0n) is 10.7. The van der Waals surface area contributed by atoms with Crippen molar-refractivity contribution in [2.24, 2.45) is 11.7 Å². The summed E-state index contributed by atoms with van der Waals surface area (Å²) in [5.74, 6) is -2.38. The lowest BCUT2D eigenvalue weighted by atomic mass is 10.1. The van der Waals surface area contributed by atoms with E-state index in [9.17, 15) is 8.78 Å². The maximum atomic E-state index is 13.2. The molecule has 1 saturated carbocycles. The van der Waals surface area contributed by atoms with Gasteiger partial charge in [0, 0.05) is 38.7 Å². The topological polar surface area (TPSA) is 29.3 Å². The maximum absolute atomic E-state index is 13.2. The van der Waals surface area contributed by atoms with E-state index in [2.05, 4.69) is 0 Å². The summed E-state index contributed by atoms with van der Waals surface area (Å²) in [6, 6.07) is 7.88. The van der Waals surface area contributed by atoms with Gasteiger partial charge in [-0.2, -0.15) is 0 Å². The van der Waals surface area contributed by atoms with Gasteiger partial charge >= 0.3 is 0 Å². The van der Waals surface area contributed by atoms with Gasteiger partial charge in [0.25, 0.3) is 0 Å². The van der Waals surface area contributed by atoms with Gasteiger partial charge in [0.2, 0.25) is 5.92 Å². The molecule has 0 aliphatic heterocycles. The molecular formula is C14H20F2N2. The first kappa shape index (κ1) is 13.3. The summed E-state index contributed by atoms with van der Waals surface area (Å²) >= 11 is 0. The van der Waals surface area contributed by atoms with Gasteiger partial charge in [-0.25, -0.2) is 8.78 Å². The average molecular weight is 254 g/mol. The standard InChI is InChI=1S/C14H20F2N2/c1-18(10-11-6-7-14(15,16)8-11)13-5-3-2-4-12(13)9-17/h2-5,11H,6-10,17H2,1H3. The molecule has 1 aromatic rings. The molecule has 1 aliphatic rings. The predicted octanol–water partition coefficient (Wildman–Crippen LogP) is 3.02. The van der Waals surface area contributed by atoms with Crippen LogP contribution in [0, 0.1) is 5.92 Å². The zero-order valence-corrected chi connectivity index (χ0v) is 10.7. The van der Waals surface area contributed by atoms with Crippen LogP contribution >= 0.6 is 0 Å². The van der Waals surface area contributed by atoms with Crippen LogP contribution in [0.5, 0.6) is 0 Å². The van der Waals surface area contributed by atoms with Crippen molar-refractivity contribution >= 4 is 5.69 Å². The molecule has 0 saturated heterocycles.